The Hall–Kier alpha value is -1.49. The zero-order chi connectivity index (χ0) is 13.5. The van der Waals surface area contributed by atoms with Crippen LogP contribution in [0.25, 0.3) is 11.0 Å². The van der Waals surface area contributed by atoms with Gasteiger partial charge in [0, 0.05) is 11.5 Å². The molecule has 3 rings (SSSR count). The summed E-state index contributed by atoms with van der Waals surface area (Å²) < 4.78 is 26.9. The molecule has 1 aliphatic rings. The van der Waals surface area contributed by atoms with E-state index in [4.69, 9.17) is 0 Å². The summed E-state index contributed by atoms with van der Waals surface area (Å²) in [6.07, 6.45) is 2.87. The first kappa shape index (κ1) is 12.5. The third kappa shape index (κ3) is 2.02. The first-order valence-electron chi connectivity index (χ1n) is 6.70. The number of hydrogen-bond donors (Lipinski definition) is 2. The van der Waals surface area contributed by atoms with Crippen molar-refractivity contribution in [2.45, 2.75) is 31.6 Å². The van der Waals surface area contributed by atoms with Gasteiger partial charge in [-0.3, -0.25) is 0 Å². The van der Waals surface area contributed by atoms with Crippen molar-refractivity contribution in [2.24, 2.45) is 0 Å². The van der Waals surface area contributed by atoms with Crippen LogP contribution in [0.4, 0.5) is 8.78 Å². The van der Waals surface area contributed by atoms with Gasteiger partial charge in [-0.25, -0.2) is 13.8 Å². The predicted molar refractivity (Wildman–Crippen MR) is 70.1 cm³/mol. The minimum atomic E-state index is -0.599. The first-order valence-corrected chi connectivity index (χ1v) is 6.70. The number of fused-ring (bicyclic) bond motifs is 1. The van der Waals surface area contributed by atoms with Gasteiger partial charge in [-0.2, -0.15) is 0 Å². The van der Waals surface area contributed by atoms with E-state index >= 15 is 0 Å². The quantitative estimate of drug-likeness (QED) is 0.876. The van der Waals surface area contributed by atoms with Crippen LogP contribution in [0.3, 0.4) is 0 Å². The Bertz CT molecular complexity index is 600. The van der Waals surface area contributed by atoms with Crippen LogP contribution in [0.5, 0.6) is 0 Å². The van der Waals surface area contributed by atoms with E-state index in [9.17, 15) is 8.78 Å². The molecule has 0 bridgehead atoms. The smallest absolute Gasteiger partial charge is 0.153 e. The van der Waals surface area contributed by atoms with E-state index in [0.717, 1.165) is 44.2 Å². The summed E-state index contributed by atoms with van der Waals surface area (Å²) in [7, 11) is 0. The molecule has 2 aromatic rings. The zero-order valence-electron chi connectivity index (χ0n) is 10.9. The number of benzene rings is 1. The maximum Gasteiger partial charge on any atom is 0.153 e. The number of nitrogens with zero attached hydrogens (tertiary/aromatic N) is 1. The largest absolute Gasteiger partial charge is 0.341 e. The fourth-order valence-corrected chi connectivity index (χ4v) is 2.96. The Kier molecular flexibility index (Phi) is 3.01. The van der Waals surface area contributed by atoms with Crippen molar-refractivity contribution >= 4 is 11.0 Å². The lowest BCUT2D eigenvalue weighted by atomic mass is 9.76. The van der Waals surface area contributed by atoms with Crippen LogP contribution in [-0.4, -0.2) is 23.1 Å². The van der Waals surface area contributed by atoms with Crippen molar-refractivity contribution in [1.29, 1.82) is 0 Å². The number of aromatic amines is 1. The molecule has 0 unspecified atom stereocenters. The molecule has 1 fully saturated rings. The number of nitrogens with one attached hydrogen (secondary N) is 2. The highest BCUT2D eigenvalue weighted by molar-refractivity contribution is 5.76. The Morgan fingerprint density at radius 3 is 2.68 bits per heavy atom. The fraction of sp³-hybridized carbons (Fsp3) is 0.500. The summed E-state index contributed by atoms with van der Waals surface area (Å²) in [6, 6.07) is 2.19. The topological polar surface area (TPSA) is 40.7 Å². The molecular formula is C14H17F2N3. The van der Waals surface area contributed by atoms with E-state index in [2.05, 4.69) is 22.2 Å². The molecule has 5 heteroatoms. The predicted octanol–water partition coefficient (Wildman–Crippen LogP) is 2.87. The van der Waals surface area contributed by atoms with Gasteiger partial charge in [0.05, 0.1) is 5.52 Å². The van der Waals surface area contributed by atoms with Gasteiger partial charge in [0.1, 0.15) is 17.2 Å². The molecule has 3 nitrogen and oxygen atoms in total. The molecule has 1 saturated heterocycles. The molecule has 0 aliphatic carbocycles. The highest BCUT2D eigenvalue weighted by Crippen LogP contribution is 2.36. The normalized spacial score (nSPS) is 18.9. The molecule has 1 aromatic heterocycles. The van der Waals surface area contributed by atoms with Gasteiger partial charge in [-0.15, -0.1) is 0 Å². The van der Waals surface area contributed by atoms with Crippen molar-refractivity contribution in [3.05, 3.63) is 29.6 Å². The van der Waals surface area contributed by atoms with Gasteiger partial charge in [0.2, 0.25) is 0 Å². The van der Waals surface area contributed by atoms with Crippen LogP contribution >= 0.6 is 0 Å². The Morgan fingerprint density at radius 2 is 2.00 bits per heavy atom. The van der Waals surface area contributed by atoms with E-state index in [1.807, 2.05) is 0 Å². The van der Waals surface area contributed by atoms with Gasteiger partial charge in [-0.05, 0) is 38.4 Å². The molecule has 1 aliphatic heterocycles. The Balaban J connectivity index is 2.11. The molecule has 1 aromatic carbocycles. The summed E-state index contributed by atoms with van der Waals surface area (Å²) in [5, 5.41) is 3.32. The van der Waals surface area contributed by atoms with Gasteiger partial charge in [-0.1, -0.05) is 6.92 Å². The lowest BCUT2D eigenvalue weighted by molar-refractivity contribution is 0.285. The van der Waals surface area contributed by atoms with Gasteiger partial charge >= 0.3 is 0 Å². The molecule has 0 saturated carbocycles. The maximum atomic E-state index is 13.7. The van der Waals surface area contributed by atoms with E-state index in [1.165, 1.54) is 6.07 Å². The summed E-state index contributed by atoms with van der Waals surface area (Å²) >= 11 is 0. The van der Waals surface area contributed by atoms with E-state index < -0.39 is 11.6 Å². The van der Waals surface area contributed by atoms with Crippen molar-refractivity contribution in [1.82, 2.24) is 15.3 Å². The molecule has 102 valence electrons. The van der Waals surface area contributed by atoms with Gasteiger partial charge < -0.3 is 10.3 Å². The average molecular weight is 265 g/mol. The van der Waals surface area contributed by atoms with Gasteiger partial charge in [0.25, 0.3) is 0 Å². The Morgan fingerprint density at radius 1 is 1.26 bits per heavy atom. The number of imidazole rings is 1. The number of halogens is 2. The number of aromatic nitrogens is 2. The first-order chi connectivity index (χ1) is 9.14. The van der Waals surface area contributed by atoms with Crippen LogP contribution < -0.4 is 5.32 Å². The van der Waals surface area contributed by atoms with Crippen LogP contribution in [0.15, 0.2) is 12.1 Å². The molecule has 2 N–H and O–H groups in total. The number of hydrogen-bond acceptors (Lipinski definition) is 2. The molecule has 19 heavy (non-hydrogen) atoms. The van der Waals surface area contributed by atoms with Crippen molar-refractivity contribution in [2.75, 3.05) is 13.1 Å². The van der Waals surface area contributed by atoms with E-state index in [1.54, 1.807) is 0 Å². The zero-order valence-corrected chi connectivity index (χ0v) is 10.9. The second kappa shape index (κ2) is 4.56. The average Bonchev–Trinajstić information content (AvgIpc) is 2.84. The SMILES string of the molecule is CCC1(c2nc3c(F)cc(F)cc3[nH]2)CCNCC1. The summed E-state index contributed by atoms with van der Waals surface area (Å²) in [4.78, 5) is 7.51. The second-order valence-corrected chi connectivity index (χ2v) is 5.25. The molecule has 2 heterocycles. The second-order valence-electron chi connectivity index (χ2n) is 5.25. The maximum absolute atomic E-state index is 13.7. The highest BCUT2D eigenvalue weighted by atomic mass is 19.1. The summed E-state index contributed by atoms with van der Waals surface area (Å²) in [5.74, 6) is -0.384. The van der Waals surface area contributed by atoms with Crippen LogP contribution in [-0.2, 0) is 5.41 Å². The summed E-state index contributed by atoms with van der Waals surface area (Å²) in [5.41, 5.74) is 0.634. The van der Waals surface area contributed by atoms with Crippen LogP contribution in [0, 0.1) is 11.6 Å². The van der Waals surface area contributed by atoms with E-state index in [-0.39, 0.29) is 10.9 Å². The summed E-state index contributed by atoms with van der Waals surface area (Å²) in [6.45, 7) is 3.99. The Labute approximate surface area is 110 Å². The molecule has 0 radical (unpaired) electrons. The van der Waals surface area contributed by atoms with Crippen molar-refractivity contribution < 1.29 is 8.78 Å². The number of H-pyrrole nitrogens is 1. The van der Waals surface area contributed by atoms with Gasteiger partial charge in [0.15, 0.2) is 5.82 Å². The minimum absolute atomic E-state index is 0.0484. The number of piperidine rings is 1. The third-order valence-corrected chi connectivity index (χ3v) is 4.24. The van der Waals surface area contributed by atoms with E-state index in [0.29, 0.717) is 5.52 Å². The van der Waals surface area contributed by atoms with Crippen LogP contribution in [0.2, 0.25) is 0 Å². The van der Waals surface area contributed by atoms with Crippen LogP contribution in [0.1, 0.15) is 32.0 Å². The minimum Gasteiger partial charge on any atom is -0.341 e. The molecule has 0 spiro atoms. The van der Waals surface area contributed by atoms with Crippen molar-refractivity contribution in [3.8, 4) is 0 Å². The molecule has 0 amide bonds. The lowest BCUT2D eigenvalue weighted by Gasteiger charge is -2.35. The van der Waals surface area contributed by atoms with Crippen molar-refractivity contribution in [3.63, 3.8) is 0 Å². The monoisotopic (exact) mass is 265 g/mol. The number of rotatable bonds is 2. The molecule has 0 atom stereocenters. The molecular weight excluding hydrogens is 248 g/mol. The lowest BCUT2D eigenvalue weighted by Crippen LogP contribution is -2.40. The highest BCUT2D eigenvalue weighted by Gasteiger charge is 2.35. The third-order valence-electron chi connectivity index (χ3n) is 4.24. The standard InChI is InChI=1S/C14H17F2N3/c1-2-14(3-5-17-6-4-14)13-18-11-8-9(15)7-10(16)12(11)19-13/h7-8,17H,2-6H2,1H3,(H,18,19). The fourth-order valence-electron chi connectivity index (χ4n) is 2.96.